The van der Waals surface area contributed by atoms with Crippen molar-refractivity contribution in [3.8, 4) is 0 Å². The molecule has 1 aromatic rings. The number of anilines is 1. The number of carbonyl (C=O) groups is 1. The van der Waals surface area contributed by atoms with Crippen molar-refractivity contribution in [3.63, 3.8) is 0 Å². The molecule has 18 heavy (non-hydrogen) atoms. The summed E-state index contributed by atoms with van der Waals surface area (Å²) in [5.74, 6) is 0.382. The van der Waals surface area contributed by atoms with Crippen molar-refractivity contribution in [2.45, 2.75) is 45.4 Å². The minimum Gasteiger partial charge on any atom is -0.312 e. The second-order valence-corrected chi connectivity index (χ2v) is 5.89. The predicted molar refractivity (Wildman–Crippen MR) is 73.7 cm³/mol. The first-order valence-electron chi connectivity index (χ1n) is 7.10. The number of hydrogen-bond donors (Lipinski definition) is 0. The molecule has 1 saturated carbocycles. The molecule has 1 aliphatic heterocycles. The predicted octanol–water partition coefficient (Wildman–Crippen LogP) is 3.68. The van der Waals surface area contributed by atoms with Gasteiger partial charge in [-0.2, -0.15) is 0 Å². The van der Waals surface area contributed by atoms with Gasteiger partial charge in [0, 0.05) is 12.2 Å². The Kier molecular flexibility index (Phi) is 2.89. The van der Waals surface area contributed by atoms with Crippen LogP contribution in [0.4, 0.5) is 5.69 Å². The van der Waals surface area contributed by atoms with Crippen LogP contribution in [0.1, 0.15) is 44.1 Å². The van der Waals surface area contributed by atoms with E-state index < -0.39 is 0 Å². The summed E-state index contributed by atoms with van der Waals surface area (Å²) in [5, 5.41) is 0. The summed E-state index contributed by atoms with van der Waals surface area (Å²) < 4.78 is 0. The molecule has 0 atom stereocenters. The average Bonchev–Trinajstić information content (AvgIpc) is 2.68. The SMILES string of the molecule is Cc1cccc(N2CCC3(CCCCC3)C2=O)c1. The van der Waals surface area contributed by atoms with Gasteiger partial charge in [-0.3, -0.25) is 4.79 Å². The van der Waals surface area contributed by atoms with Crippen LogP contribution in [0.15, 0.2) is 24.3 Å². The van der Waals surface area contributed by atoms with Gasteiger partial charge in [0.2, 0.25) is 5.91 Å². The molecule has 2 fully saturated rings. The van der Waals surface area contributed by atoms with Gasteiger partial charge in [-0.25, -0.2) is 0 Å². The van der Waals surface area contributed by atoms with Crippen molar-refractivity contribution in [1.29, 1.82) is 0 Å². The zero-order chi connectivity index (χ0) is 12.6. The maximum atomic E-state index is 12.7. The van der Waals surface area contributed by atoms with Crippen LogP contribution in [0.5, 0.6) is 0 Å². The van der Waals surface area contributed by atoms with E-state index >= 15 is 0 Å². The Labute approximate surface area is 109 Å². The molecule has 3 rings (SSSR count). The molecule has 0 radical (unpaired) electrons. The molecule has 2 heteroatoms. The Morgan fingerprint density at radius 2 is 1.89 bits per heavy atom. The first-order valence-corrected chi connectivity index (χ1v) is 7.10. The molecular weight excluding hydrogens is 222 g/mol. The smallest absolute Gasteiger partial charge is 0.233 e. The molecule has 0 N–H and O–H groups in total. The summed E-state index contributed by atoms with van der Waals surface area (Å²) in [6.07, 6.45) is 7.03. The molecule has 2 nitrogen and oxygen atoms in total. The summed E-state index contributed by atoms with van der Waals surface area (Å²) in [6.45, 7) is 2.99. The first-order chi connectivity index (χ1) is 8.71. The van der Waals surface area contributed by atoms with Crippen molar-refractivity contribution >= 4 is 11.6 Å². The third kappa shape index (κ3) is 1.84. The van der Waals surface area contributed by atoms with Crippen LogP contribution in [-0.4, -0.2) is 12.5 Å². The summed E-state index contributed by atoms with van der Waals surface area (Å²) in [4.78, 5) is 14.7. The summed E-state index contributed by atoms with van der Waals surface area (Å²) >= 11 is 0. The van der Waals surface area contributed by atoms with Crippen molar-refractivity contribution < 1.29 is 4.79 Å². The standard InChI is InChI=1S/C16H21NO/c1-13-6-5-7-14(12-13)17-11-10-16(15(17)18)8-3-2-4-9-16/h5-7,12H,2-4,8-11H2,1H3. The lowest BCUT2D eigenvalue weighted by Gasteiger charge is -2.31. The summed E-state index contributed by atoms with van der Waals surface area (Å²) in [5.41, 5.74) is 2.30. The molecule has 96 valence electrons. The van der Waals surface area contributed by atoms with Crippen LogP contribution in [0.25, 0.3) is 0 Å². The molecule has 0 unspecified atom stereocenters. The normalized spacial score (nSPS) is 22.7. The number of aryl methyl sites for hydroxylation is 1. The van der Waals surface area contributed by atoms with E-state index in [-0.39, 0.29) is 5.41 Å². The van der Waals surface area contributed by atoms with Gasteiger partial charge in [0.05, 0.1) is 5.41 Å². The Bertz CT molecular complexity index is 460. The zero-order valence-corrected chi connectivity index (χ0v) is 11.1. The maximum Gasteiger partial charge on any atom is 0.233 e. The number of amides is 1. The van der Waals surface area contributed by atoms with Gasteiger partial charge in [0.1, 0.15) is 0 Å². The average molecular weight is 243 g/mol. The van der Waals surface area contributed by atoms with Gasteiger partial charge in [0.15, 0.2) is 0 Å². The van der Waals surface area contributed by atoms with Crippen LogP contribution >= 0.6 is 0 Å². The van der Waals surface area contributed by atoms with E-state index in [1.165, 1.54) is 24.8 Å². The lowest BCUT2D eigenvalue weighted by molar-refractivity contribution is -0.127. The number of hydrogen-bond acceptors (Lipinski definition) is 1. The van der Waals surface area contributed by atoms with Gasteiger partial charge in [-0.1, -0.05) is 31.4 Å². The minimum atomic E-state index is -0.0119. The lowest BCUT2D eigenvalue weighted by atomic mass is 9.73. The third-order valence-electron chi connectivity index (χ3n) is 4.64. The first kappa shape index (κ1) is 11.8. The highest BCUT2D eigenvalue weighted by molar-refractivity contribution is 6.00. The molecule has 1 aromatic carbocycles. The summed E-state index contributed by atoms with van der Waals surface area (Å²) in [7, 11) is 0. The van der Waals surface area contributed by atoms with E-state index in [2.05, 4.69) is 25.1 Å². The lowest BCUT2D eigenvalue weighted by Crippen LogP contribution is -2.36. The molecule has 2 aliphatic rings. The Morgan fingerprint density at radius 1 is 1.11 bits per heavy atom. The fourth-order valence-corrected chi connectivity index (χ4v) is 3.56. The quantitative estimate of drug-likeness (QED) is 0.736. The third-order valence-corrected chi connectivity index (χ3v) is 4.64. The molecule has 1 amide bonds. The van der Waals surface area contributed by atoms with Crippen LogP contribution in [0, 0.1) is 12.3 Å². The van der Waals surface area contributed by atoms with Crippen molar-refractivity contribution in [2.75, 3.05) is 11.4 Å². The minimum absolute atomic E-state index is 0.0119. The molecule has 1 aliphatic carbocycles. The van der Waals surface area contributed by atoms with Crippen molar-refractivity contribution in [2.24, 2.45) is 5.41 Å². The number of rotatable bonds is 1. The Hall–Kier alpha value is -1.31. The number of benzene rings is 1. The summed E-state index contributed by atoms with van der Waals surface area (Å²) in [6, 6.07) is 8.32. The van der Waals surface area contributed by atoms with Gasteiger partial charge in [0.25, 0.3) is 0 Å². The van der Waals surface area contributed by atoms with E-state index in [1.807, 2.05) is 11.0 Å². The topological polar surface area (TPSA) is 20.3 Å². The van der Waals surface area contributed by atoms with Crippen LogP contribution < -0.4 is 4.90 Å². The highest BCUT2D eigenvalue weighted by Gasteiger charge is 2.47. The van der Waals surface area contributed by atoms with Gasteiger partial charge in [-0.15, -0.1) is 0 Å². The van der Waals surface area contributed by atoms with Crippen LogP contribution in [0.3, 0.4) is 0 Å². The number of nitrogens with zero attached hydrogens (tertiary/aromatic N) is 1. The van der Waals surface area contributed by atoms with E-state index in [0.717, 1.165) is 31.5 Å². The second-order valence-electron chi connectivity index (χ2n) is 5.89. The second kappa shape index (κ2) is 4.42. The zero-order valence-electron chi connectivity index (χ0n) is 11.1. The van der Waals surface area contributed by atoms with E-state index in [4.69, 9.17) is 0 Å². The monoisotopic (exact) mass is 243 g/mol. The van der Waals surface area contributed by atoms with Crippen LogP contribution in [-0.2, 0) is 4.79 Å². The molecule has 1 spiro atoms. The van der Waals surface area contributed by atoms with Gasteiger partial charge >= 0.3 is 0 Å². The van der Waals surface area contributed by atoms with Gasteiger partial charge in [-0.05, 0) is 43.9 Å². The molecular formula is C16H21NO. The van der Waals surface area contributed by atoms with E-state index in [0.29, 0.717) is 5.91 Å². The van der Waals surface area contributed by atoms with E-state index in [1.54, 1.807) is 0 Å². The Morgan fingerprint density at radius 3 is 2.61 bits per heavy atom. The highest BCUT2D eigenvalue weighted by atomic mass is 16.2. The molecule has 0 aromatic heterocycles. The highest BCUT2D eigenvalue weighted by Crippen LogP contribution is 2.45. The fraction of sp³-hybridized carbons (Fsp3) is 0.562. The van der Waals surface area contributed by atoms with Gasteiger partial charge < -0.3 is 4.90 Å². The molecule has 1 heterocycles. The number of carbonyl (C=O) groups excluding carboxylic acids is 1. The van der Waals surface area contributed by atoms with Crippen LogP contribution in [0.2, 0.25) is 0 Å². The maximum absolute atomic E-state index is 12.7. The van der Waals surface area contributed by atoms with Crippen molar-refractivity contribution in [1.82, 2.24) is 0 Å². The fourth-order valence-electron chi connectivity index (χ4n) is 3.56. The largest absolute Gasteiger partial charge is 0.312 e. The van der Waals surface area contributed by atoms with E-state index in [9.17, 15) is 4.79 Å². The Balaban J connectivity index is 1.86. The van der Waals surface area contributed by atoms with Crippen molar-refractivity contribution in [3.05, 3.63) is 29.8 Å². The molecule has 1 saturated heterocycles. The molecule has 0 bridgehead atoms.